The number of phenolic OH excluding ortho intramolecular Hbond substituents is 1. The summed E-state index contributed by atoms with van der Waals surface area (Å²) in [6.07, 6.45) is 13.3. The third-order valence-corrected chi connectivity index (χ3v) is 8.54. The molecule has 0 bridgehead atoms. The Morgan fingerprint density at radius 3 is 1.20 bits per heavy atom. The van der Waals surface area contributed by atoms with Gasteiger partial charge in [-0.3, -0.25) is 0 Å². The molecular weight excluding hydrogens is 568 g/mol. The van der Waals surface area contributed by atoms with Crippen molar-refractivity contribution in [3.05, 3.63) is 137 Å². The molecule has 0 saturated carbocycles. The second-order valence-corrected chi connectivity index (χ2v) is 12.2. The number of ether oxygens (including phenoxy) is 3. The van der Waals surface area contributed by atoms with Crippen LogP contribution in [0.2, 0.25) is 0 Å². The van der Waals surface area contributed by atoms with E-state index in [9.17, 15) is 5.11 Å². The molecule has 246 valence electrons. The molecule has 0 aliphatic heterocycles. The second-order valence-electron chi connectivity index (χ2n) is 12.2. The van der Waals surface area contributed by atoms with E-state index in [-0.39, 0.29) is 5.75 Å². The molecule has 0 spiro atoms. The van der Waals surface area contributed by atoms with E-state index in [1.165, 1.54) is 23.1 Å². The van der Waals surface area contributed by atoms with Crippen LogP contribution in [-0.4, -0.2) is 24.9 Å². The van der Waals surface area contributed by atoms with E-state index in [1.54, 1.807) is 6.07 Å². The molecule has 4 aromatic carbocycles. The normalized spacial score (nSPS) is 11.2. The van der Waals surface area contributed by atoms with Crippen LogP contribution in [0.4, 0.5) is 0 Å². The van der Waals surface area contributed by atoms with Crippen molar-refractivity contribution in [3.63, 3.8) is 0 Å². The first-order chi connectivity index (χ1) is 22.8. The highest BCUT2D eigenvalue weighted by Crippen LogP contribution is 2.28. The number of hydrogen-bond acceptors (Lipinski definition) is 4. The molecule has 0 amide bonds. The van der Waals surface area contributed by atoms with Gasteiger partial charge in [0, 0.05) is 25.4 Å². The number of aromatic hydroxyl groups is 1. The van der Waals surface area contributed by atoms with Gasteiger partial charge in [-0.15, -0.1) is 0 Å². The van der Waals surface area contributed by atoms with Crippen molar-refractivity contribution in [2.75, 3.05) is 19.8 Å². The average molecular weight is 623 g/mol. The van der Waals surface area contributed by atoms with E-state index in [2.05, 4.69) is 91.0 Å². The number of rotatable bonds is 24. The van der Waals surface area contributed by atoms with Gasteiger partial charge in [0.15, 0.2) is 0 Å². The summed E-state index contributed by atoms with van der Waals surface area (Å²) in [5.74, 6) is 0.273. The Balaban J connectivity index is 1.21. The minimum absolute atomic E-state index is 0.273. The minimum Gasteiger partial charge on any atom is -0.508 e. The van der Waals surface area contributed by atoms with Crippen molar-refractivity contribution < 1.29 is 19.3 Å². The number of unbranched alkanes of at least 4 members (excludes halogenated alkanes) is 6. The third-order valence-electron chi connectivity index (χ3n) is 8.54. The summed E-state index contributed by atoms with van der Waals surface area (Å²) < 4.78 is 18.4. The van der Waals surface area contributed by atoms with Crippen LogP contribution in [0, 0.1) is 0 Å². The second kappa shape index (κ2) is 22.1. The Labute approximate surface area is 277 Å². The fourth-order valence-corrected chi connectivity index (χ4v) is 5.80. The molecule has 0 aliphatic rings. The fourth-order valence-electron chi connectivity index (χ4n) is 5.80. The number of hydrogen-bond donors (Lipinski definition) is 1. The molecule has 0 fully saturated rings. The van der Waals surface area contributed by atoms with Crippen molar-refractivity contribution in [1.29, 1.82) is 0 Å². The first kappa shape index (κ1) is 35.4. The van der Waals surface area contributed by atoms with Crippen LogP contribution < -0.4 is 0 Å². The van der Waals surface area contributed by atoms with Gasteiger partial charge in [0.1, 0.15) is 5.75 Å². The molecule has 1 N–H and O–H groups in total. The Hall–Kier alpha value is -3.44. The van der Waals surface area contributed by atoms with Crippen molar-refractivity contribution in [2.45, 2.75) is 96.9 Å². The Morgan fingerprint density at radius 1 is 0.370 bits per heavy atom. The molecule has 4 aromatic rings. The van der Waals surface area contributed by atoms with Gasteiger partial charge in [-0.1, -0.05) is 116 Å². The van der Waals surface area contributed by atoms with E-state index in [4.69, 9.17) is 14.2 Å². The zero-order valence-corrected chi connectivity index (χ0v) is 27.7. The topological polar surface area (TPSA) is 47.9 Å². The molecule has 4 nitrogen and oxygen atoms in total. The molecule has 0 saturated heterocycles. The molecule has 0 unspecified atom stereocenters. The van der Waals surface area contributed by atoms with E-state index in [1.807, 2.05) is 6.07 Å². The highest BCUT2D eigenvalue weighted by molar-refractivity contribution is 5.43. The van der Waals surface area contributed by atoms with Crippen molar-refractivity contribution in [1.82, 2.24) is 0 Å². The first-order valence-electron chi connectivity index (χ1n) is 17.5. The van der Waals surface area contributed by atoms with Gasteiger partial charge >= 0.3 is 0 Å². The van der Waals surface area contributed by atoms with Crippen molar-refractivity contribution >= 4 is 0 Å². The molecule has 0 atom stereocenters. The maximum absolute atomic E-state index is 10.8. The fraction of sp³-hybridized carbons (Fsp3) is 0.429. The SMILES string of the molecule is Oc1ccc(COCCCCCc2ccccc2)c(COCCCCCc2ccccc2)c1COCCCCCc1ccccc1. The van der Waals surface area contributed by atoms with Crippen LogP contribution in [0.3, 0.4) is 0 Å². The lowest BCUT2D eigenvalue weighted by Crippen LogP contribution is -2.08. The monoisotopic (exact) mass is 622 g/mol. The van der Waals surface area contributed by atoms with Gasteiger partial charge in [0.2, 0.25) is 0 Å². The lowest BCUT2D eigenvalue weighted by atomic mass is 10.0. The smallest absolute Gasteiger partial charge is 0.121 e. The first-order valence-corrected chi connectivity index (χ1v) is 17.5. The molecule has 0 heterocycles. The Kier molecular flexibility index (Phi) is 17.1. The lowest BCUT2D eigenvalue weighted by molar-refractivity contribution is 0.0946. The maximum Gasteiger partial charge on any atom is 0.121 e. The summed E-state index contributed by atoms with van der Waals surface area (Å²) in [5, 5.41) is 10.8. The van der Waals surface area contributed by atoms with Crippen LogP contribution in [-0.2, 0) is 53.3 Å². The van der Waals surface area contributed by atoms with Gasteiger partial charge in [-0.05, 0) is 91.7 Å². The number of aryl methyl sites for hydroxylation is 3. The highest BCUT2D eigenvalue weighted by atomic mass is 16.5. The van der Waals surface area contributed by atoms with Crippen LogP contribution in [0.5, 0.6) is 5.75 Å². The summed E-state index contributed by atoms with van der Waals surface area (Å²) in [7, 11) is 0. The zero-order chi connectivity index (χ0) is 31.9. The van der Waals surface area contributed by atoms with Gasteiger partial charge in [-0.2, -0.15) is 0 Å². The number of phenols is 1. The van der Waals surface area contributed by atoms with Crippen molar-refractivity contribution in [2.24, 2.45) is 0 Å². The van der Waals surface area contributed by atoms with Crippen molar-refractivity contribution in [3.8, 4) is 5.75 Å². The van der Waals surface area contributed by atoms with E-state index in [0.29, 0.717) is 33.0 Å². The molecular formula is C42H54O4. The van der Waals surface area contributed by atoms with Crippen LogP contribution in [0.15, 0.2) is 103 Å². The summed E-state index contributed by atoms with van der Waals surface area (Å²) in [4.78, 5) is 0. The zero-order valence-electron chi connectivity index (χ0n) is 27.7. The van der Waals surface area contributed by atoms with Gasteiger partial charge in [0.05, 0.1) is 19.8 Å². The minimum atomic E-state index is 0.273. The highest BCUT2D eigenvalue weighted by Gasteiger charge is 2.14. The summed E-state index contributed by atoms with van der Waals surface area (Å²) >= 11 is 0. The molecule has 4 heteroatoms. The summed E-state index contributed by atoms with van der Waals surface area (Å²) in [5.41, 5.74) is 7.10. The van der Waals surface area contributed by atoms with Gasteiger partial charge < -0.3 is 19.3 Å². The van der Waals surface area contributed by atoms with Crippen LogP contribution in [0.1, 0.15) is 91.2 Å². The van der Waals surface area contributed by atoms with Gasteiger partial charge in [-0.25, -0.2) is 0 Å². The third kappa shape index (κ3) is 13.9. The standard InChI is InChI=1S/C42H54O4/c43-42-29-28-39(33-44-30-16-4-13-25-36-19-7-1-8-20-36)40(34-45-31-17-5-14-26-37-21-9-2-10-22-37)41(42)35-46-32-18-6-15-27-38-23-11-3-12-24-38/h1-3,7-12,19-24,28-29,43H,4-6,13-18,25-27,30-35H2. The number of benzene rings is 4. The van der Waals surface area contributed by atoms with E-state index < -0.39 is 0 Å². The van der Waals surface area contributed by atoms with Crippen LogP contribution in [0.25, 0.3) is 0 Å². The molecule has 0 aromatic heterocycles. The summed E-state index contributed by atoms with van der Waals surface area (Å²) in [6.45, 7) is 3.47. The van der Waals surface area contributed by atoms with E-state index >= 15 is 0 Å². The Bertz CT molecular complexity index is 1320. The molecule has 0 aliphatic carbocycles. The summed E-state index contributed by atoms with van der Waals surface area (Å²) in [6, 6.07) is 35.8. The predicted octanol–water partition coefficient (Wildman–Crippen LogP) is 10.2. The largest absolute Gasteiger partial charge is 0.508 e. The molecule has 46 heavy (non-hydrogen) atoms. The predicted molar refractivity (Wildman–Crippen MR) is 189 cm³/mol. The average Bonchev–Trinajstić information content (AvgIpc) is 3.10. The van der Waals surface area contributed by atoms with E-state index in [0.717, 1.165) is 93.9 Å². The van der Waals surface area contributed by atoms with Crippen LogP contribution >= 0.6 is 0 Å². The Morgan fingerprint density at radius 2 is 0.761 bits per heavy atom. The maximum atomic E-state index is 10.8. The molecule has 0 radical (unpaired) electrons. The molecule has 4 rings (SSSR count). The quantitative estimate of drug-likeness (QED) is 0.0790. The van der Waals surface area contributed by atoms with Gasteiger partial charge in [0.25, 0.3) is 0 Å². The lowest BCUT2D eigenvalue weighted by Gasteiger charge is -2.17.